The number of ether oxygens (including phenoxy) is 1. The fourth-order valence-corrected chi connectivity index (χ4v) is 2.54. The molecule has 0 saturated carbocycles. The number of aryl methyl sites for hydroxylation is 1. The number of aromatic nitrogens is 1. The van der Waals surface area contributed by atoms with Gasteiger partial charge in [-0.3, -0.25) is 0 Å². The van der Waals surface area contributed by atoms with Crippen molar-refractivity contribution < 1.29 is 19.0 Å². The predicted molar refractivity (Wildman–Crippen MR) is 73.8 cm³/mol. The van der Waals surface area contributed by atoms with Crippen LogP contribution in [0.2, 0.25) is 0 Å². The average Bonchev–Trinajstić information content (AvgIpc) is 2.84. The van der Waals surface area contributed by atoms with Crippen molar-refractivity contribution in [3.63, 3.8) is 0 Å². The minimum atomic E-state index is -1.29. The number of hydrogen-bond acceptors (Lipinski definition) is 4. The summed E-state index contributed by atoms with van der Waals surface area (Å²) >= 11 is 1.58. The van der Waals surface area contributed by atoms with Crippen molar-refractivity contribution in [2.75, 3.05) is 0 Å². The van der Waals surface area contributed by atoms with Crippen LogP contribution in [0, 0.1) is 5.82 Å². The van der Waals surface area contributed by atoms with Crippen LogP contribution in [-0.4, -0.2) is 16.1 Å². The summed E-state index contributed by atoms with van der Waals surface area (Å²) in [5.41, 5.74) is 0.428. The summed E-state index contributed by atoms with van der Waals surface area (Å²) in [6, 6.07) is 3.70. The molecule has 0 aliphatic carbocycles. The summed E-state index contributed by atoms with van der Waals surface area (Å²) in [4.78, 5) is 15.1. The smallest absolute Gasteiger partial charge is 0.338 e. The monoisotopic (exact) mass is 295 g/mol. The van der Waals surface area contributed by atoms with Crippen LogP contribution >= 0.6 is 11.3 Å². The Morgan fingerprint density at radius 3 is 2.95 bits per heavy atom. The zero-order valence-electron chi connectivity index (χ0n) is 10.9. The van der Waals surface area contributed by atoms with E-state index in [1.165, 1.54) is 12.1 Å². The number of carboxylic acid groups (broad SMARTS) is 1. The molecule has 0 unspecified atom stereocenters. The number of carboxylic acids is 1. The van der Waals surface area contributed by atoms with Gasteiger partial charge in [0.2, 0.25) is 0 Å². The lowest BCUT2D eigenvalue weighted by Gasteiger charge is -2.05. The predicted octanol–water partition coefficient (Wildman–Crippen LogP) is 3.51. The maximum Gasteiger partial charge on any atom is 0.338 e. The highest BCUT2D eigenvalue weighted by Gasteiger charge is 2.11. The van der Waals surface area contributed by atoms with Crippen molar-refractivity contribution in [1.29, 1.82) is 0 Å². The van der Waals surface area contributed by atoms with E-state index in [4.69, 9.17) is 9.84 Å². The Balaban J connectivity index is 1.99. The maximum absolute atomic E-state index is 13.5. The van der Waals surface area contributed by atoms with Gasteiger partial charge in [0.05, 0.1) is 16.3 Å². The number of hydrogen-bond donors (Lipinski definition) is 1. The van der Waals surface area contributed by atoms with E-state index in [2.05, 4.69) is 11.9 Å². The Morgan fingerprint density at radius 2 is 2.30 bits per heavy atom. The normalized spacial score (nSPS) is 10.5. The Labute approximate surface area is 119 Å². The lowest BCUT2D eigenvalue weighted by atomic mass is 10.2. The number of nitrogens with zero attached hydrogens (tertiary/aromatic N) is 1. The number of thiazole rings is 1. The number of benzene rings is 1. The molecule has 6 heteroatoms. The van der Waals surface area contributed by atoms with E-state index in [0.717, 1.165) is 29.6 Å². The molecule has 0 atom stereocenters. The second-order valence-corrected chi connectivity index (χ2v) is 5.16. The molecule has 106 valence electrons. The van der Waals surface area contributed by atoms with Gasteiger partial charge in [-0.15, -0.1) is 11.3 Å². The highest BCUT2D eigenvalue weighted by molar-refractivity contribution is 7.09. The molecule has 1 heterocycles. The summed E-state index contributed by atoms with van der Waals surface area (Å²) in [6.07, 6.45) is 1.97. The quantitative estimate of drug-likeness (QED) is 0.886. The van der Waals surface area contributed by atoms with Gasteiger partial charge in [0.1, 0.15) is 18.2 Å². The second kappa shape index (κ2) is 6.47. The molecule has 1 aromatic carbocycles. The van der Waals surface area contributed by atoms with Gasteiger partial charge < -0.3 is 9.84 Å². The first-order valence-electron chi connectivity index (χ1n) is 6.19. The molecular weight excluding hydrogens is 281 g/mol. The molecule has 0 saturated heterocycles. The van der Waals surface area contributed by atoms with Crippen LogP contribution in [0.3, 0.4) is 0 Å². The molecule has 1 N–H and O–H groups in total. The summed E-state index contributed by atoms with van der Waals surface area (Å²) in [5.74, 6) is -1.81. The standard InChI is InChI=1S/C14H14FNO3S/c1-2-3-13-16-9(8-20-13)7-19-10-4-5-11(14(17)18)12(15)6-10/h4-6,8H,2-3,7H2,1H3,(H,17,18). The average molecular weight is 295 g/mol. The third-order valence-corrected chi connectivity index (χ3v) is 3.58. The third-order valence-electron chi connectivity index (χ3n) is 2.62. The summed E-state index contributed by atoms with van der Waals surface area (Å²) in [7, 11) is 0. The zero-order chi connectivity index (χ0) is 14.5. The number of halogens is 1. The van der Waals surface area contributed by atoms with Gasteiger partial charge in [0, 0.05) is 11.4 Å². The summed E-state index contributed by atoms with van der Waals surface area (Å²) in [6.45, 7) is 2.33. The van der Waals surface area contributed by atoms with Crippen LogP contribution in [0.1, 0.15) is 34.4 Å². The SMILES string of the molecule is CCCc1nc(COc2ccc(C(=O)O)c(F)c2)cs1. The van der Waals surface area contributed by atoms with Crippen molar-refractivity contribution in [2.45, 2.75) is 26.4 Å². The first-order chi connectivity index (χ1) is 9.60. The van der Waals surface area contributed by atoms with Crippen LogP contribution in [0.5, 0.6) is 5.75 Å². The van der Waals surface area contributed by atoms with E-state index in [1.807, 2.05) is 5.38 Å². The minimum Gasteiger partial charge on any atom is -0.487 e. The van der Waals surface area contributed by atoms with E-state index in [1.54, 1.807) is 11.3 Å². The molecule has 1 aromatic heterocycles. The second-order valence-electron chi connectivity index (χ2n) is 4.22. The van der Waals surface area contributed by atoms with Crippen molar-refractivity contribution >= 4 is 17.3 Å². The molecule has 4 nitrogen and oxygen atoms in total. The van der Waals surface area contributed by atoms with Gasteiger partial charge in [0.25, 0.3) is 0 Å². The summed E-state index contributed by atoms with van der Waals surface area (Å²) in [5, 5.41) is 11.7. The molecule has 0 bridgehead atoms. The van der Waals surface area contributed by atoms with Crippen LogP contribution < -0.4 is 4.74 Å². The lowest BCUT2D eigenvalue weighted by molar-refractivity contribution is 0.0692. The van der Waals surface area contributed by atoms with Crippen molar-refractivity contribution in [3.8, 4) is 5.75 Å². The van der Waals surface area contributed by atoms with Crippen molar-refractivity contribution in [2.24, 2.45) is 0 Å². The highest BCUT2D eigenvalue weighted by atomic mass is 32.1. The van der Waals surface area contributed by atoms with E-state index in [0.29, 0.717) is 0 Å². The van der Waals surface area contributed by atoms with E-state index in [9.17, 15) is 9.18 Å². The fourth-order valence-electron chi connectivity index (χ4n) is 1.66. The van der Waals surface area contributed by atoms with Crippen LogP contribution in [0.4, 0.5) is 4.39 Å². The number of rotatable bonds is 6. The first kappa shape index (κ1) is 14.5. The molecule has 0 fully saturated rings. The molecule has 0 aliphatic rings. The number of carbonyl (C=O) groups is 1. The highest BCUT2D eigenvalue weighted by Crippen LogP contribution is 2.19. The van der Waals surface area contributed by atoms with Crippen molar-refractivity contribution in [1.82, 2.24) is 4.98 Å². The third kappa shape index (κ3) is 3.54. The molecule has 2 rings (SSSR count). The van der Waals surface area contributed by atoms with Crippen LogP contribution in [0.25, 0.3) is 0 Å². The Hall–Kier alpha value is -1.95. The largest absolute Gasteiger partial charge is 0.487 e. The van der Waals surface area contributed by atoms with Gasteiger partial charge >= 0.3 is 5.97 Å². The van der Waals surface area contributed by atoms with E-state index in [-0.39, 0.29) is 17.9 Å². The Kier molecular flexibility index (Phi) is 4.68. The summed E-state index contributed by atoms with van der Waals surface area (Å²) < 4.78 is 18.9. The molecule has 20 heavy (non-hydrogen) atoms. The van der Waals surface area contributed by atoms with E-state index >= 15 is 0 Å². The first-order valence-corrected chi connectivity index (χ1v) is 7.07. The van der Waals surface area contributed by atoms with Gasteiger partial charge in [-0.05, 0) is 25.0 Å². The van der Waals surface area contributed by atoms with Gasteiger partial charge in [-0.25, -0.2) is 14.2 Å². The Morgan fingerprint density at radius 1 is 1.50 bits per heavy atom. The molecule has 0 radical (unpaired) electrons. The minimum absolute atomic E-state index is 0.242. The maximum atomic E-state index is 13.5. The molecule has 0 amide bonds. The molecule has 2 aromatic rings. The lowest BCUT2D eigenvalue weighted by Crippen LogP contribution is -2.02. The molecular formula is C14H14FNO3S. The molecule has 0 aliphatic heterocycles. The van der Waals surface area contributed by atoms with Gasteiger partial charge in [-0.2, -0.15) is 0 Å². The van der Waals surface area contributed by atoms with Gasteiger partial charge in [0.15, 0.2) is 0 Å². The number of aromatic carboxylic acids is 1. The zero-order valence-corrected chi connectivity index (χ0v) is 11.7. The molecule has 0 spiro atoms. The van der Waals surface area contributed by atoms with Crippen LogP contribution in [-0.2, 0) is 13.0 Å². The van der Waals surface area contributed by atoms with Crippen molar-refractivity contribution in [3.05, 3.63) is 45.7 Å². The Bertz CT molecular complexity index is 612. The fraction of sp³-hybridized carbons (Fsp3) is 0.286. The topological polar surface area (TPSA) is 59.4 Å². The van der Waals surface area contributed by atoms with E-state index < -0.39 is 11.8 Å². The van der Waals surface area contributed by atoms with Gasteiger partial charge in [-0.1, -0.05) is 6.92 Å². The van der Waals surface area contributed by atoms with Crippen LogP contribution in [0.15, 0.2) is 23.6 Å².